The van der Waals surface area contributed by atoms with E-state index in [4.69, 9.17) is 4.84 Å². The van der Waals surface area contributed by atoms with E-state index in [0.717, 1.165) is 32.2 Å². The van der Waals surface area contributed by atoms with Gasteiger partial charge in [-0.2, -0.15) is 0 Å². The molecule has 0 aromatic rings. The molecule has 0 spiro atoms. The molecule has 0 bridgehead atoms. The number of hydrazine groups is 1. The second-order valence-electron chi connectivity index (χ2n) is 3.48. The normalized spacial score (nSPS) is 22.9. The molecule has 81 valence electrons. The molecule has 5 heteroatoms. The van der Waals surface area contributed by atoms with E-state index >= 15 is 0 Å². The van der Waals surface area contributed by atoms with Crippen molar-refractivity contribution in [3.8, 4) is 0 Å². The van der Waals surface area contributed by atoms with Gasteiger partial charge in [0.2, 0.25) is 5.28 Å². The van der Waals surface area contributed by atoms with Crippen molar-refractivity contribution in [3.63, 3.8) is 0 Å². The van der Waals surface area contributed by atoms with E-state index in [9.17, 15) is 5.21 Å². The number of hydrogen-bond donors (Lipinski definition) is 0. The van der Waals surface area contributed by atoms with E-state index in [1.165, 1.54) is 0 Å². The fourth-order valence-electron chi connectivity index (χ4n) is 1.39. The Bertz CT molecular complexity index is 196. The minimum absolute atomic E-state index is 0.0334. The van der Waals surface area contributed by atoms with Crippen molar-refractivity contribution in [2.45, 2.75) is 38.6 Å². The lowest BCUT2D eigenvalue weighted by atomic mass is 10.3. The lowest BCUT2D eigenvalue weighted by Crippen LogP contribution is -2.33. The fraction of sp³-hybridized carbons (Fsp3) is 0.889. The van der Waals surface area contributed by atoms with Gasteiger partial charge in [0.1, 0.15) is 6.61 Å². The predicted octanol–water partition coefficient (Wildman–Crippen LogP) is 1.89. The minimum atomic E-state index is 0.0334. The Labute approximate surface area is 84.9 Å². The minimum Gasteiger partial charge on any atom is -0.569 e. The lowest BCUT2D eigenvalue weighted by Gasteiger charge is -2.15. The average Bonchev–Trinajstić information content (AvgIpc) is 2.59. The smallest absolute Gasteiger partial charge is 0.233 e. The molecule has 0 aromatic heterocycles. The SMILES string of the molecule is [CH2][C@H]1CCCN1/[N+]([O-])=N\OCCCC. The van der Waals surface area contributed by atoms with Gasteiger partial charge in [-0.15, -0.1) is 5.01 Å². The summed E-state index contributed by atoms with van der Waals surface area (Å²) in [4.78, 5) is 5.39. The van der Waals surface area contributed by atoms with Crippen LogP contribution >= 0.6 is 0 Å². The third kappa shape index (κ3) is 3.05. The first-order valence-electron chi connectivity index (χ1n) is 5.15. The lowest BCUT2D eigenvalue weighted by molar-refractivity contribution is -0.712. The zero-order valence-corrected chi connectivity index (χ0v) is 8.69. The van der Waals surface area contributed by atoms with Crippen molar-refractivity contribution < 1.29 is 9.81 Å². The first kappa shape index (κ1) is 11.1. The first-order valence-corrected chi connectivity index (χ1v) is 5.15. The monoisotopic (exact) mass is 200 g/mol. The van der Waals surface area contributed by atoms with Crippen LogP contribution in [0.5, 0.6) is 0 Å². The maximum atomic E-state index is 11.3. The molecule has 1 radical (unpaired) electrons. The molecule has 1 aliphatic heterocycles. The largest absolute Gasteiger partial charge is 0.569 e. The Hall–Kier alpha value is -1.00. The van der Waals surface area contributed by atoms with Crippen molar-refractivity contribution in [1.29, 1.82) is 0 Å². The van der Waals surface area contributed by atoms with Crippen molar-refractivity contribution >= 4 is 0 Å². The summed E-state index contributed by atoms with van der Waals surface area (Å²) in [5.74, 6) is 0. The molecule has 1 fully saturated rings. The predicted molar refractivity (Wildman–Crippen MR) is 52.0 cm³/mol. The average molecular weight is 200 g/mol. The van der Waals surface area contributed by atoms with Gasteiger partial charge in [0.25, 0.3) is 0 Å². The van der Waals surface area contributed by atoms with E-state index in [-0.39, 0.29) is 6.04 Å². The number of nitrogens with zero attached hydrogens (tertiary/aromatic N) is 3. The molecule has 0 aliphatic carbocycles. The summed E-state index contributed by atoms with van der Waals surface area (Å²) in [5, 5.41) is 16.4. The highest BCUT2D eigenvalue weighted by atomic mass is 16.7. The molecule has 0 saturated carbocycles. The van der Waals surface area contributed by atoms with Gasteiger partial charge in [-0.1, -0.05) is 13.3 Å². The molecular formula is C9H18N3O2. The van der Waals surface area contributed by atoms with Gasteiger partial charge < -0.3 is 10.0 Å². The standard InChI is InChI=1S/C9H18N3O2/c1-3-4-8-14-10-12(13)11-7-5-6-9(11)2/h9H,2-8H2,1H3/b12-10+/t9-/m0/s1. The summed E-state index contributed by atoms with van der Waals surface area (Å²) in [6.07, 6.45) is 3.90. The Morgan fingerprint density at radius 2 is 2.50 bits per heavy atom. The molecule has 1 aliphatic rings. The zero-order chi connectivity index (χ0) is 10.4. The van der Waals surface area contributed by atoms with E-state index in [2.05, 4.69) is 19.1 Å². The maximum absolute atomic E-state index is 11.3. The van der Waals surface area contributed by atoms with Crippen LogP contribution in [0.25, 0.3) is 0 Å². The summed E-state index contributed by atoms with van der Waals surface area (Å²) >= 11 is 0. The number of rotatable bonds is 5. The van der Waals surface area contributed by atoms with Gasteiger partial charge in [-0.3, -0.25) is 0 Å². The van der Waals surface area contributed by atoms with Crippen LogP contribution in [-0.4, -0.2) is 29.2 Å². The Morgan fingerprint density at radius 3 is 3.07 bits per heavy atom. The highest BCUT2D eigenvalue weighted by Gasteiger charge is 2.27. The van der Waals surface area contributed by atoms with E-state index in [1.807, 2.05) is 0 Å². The van der Waals surface area contributed by atoms with Crippen LogP contribution in [0.15, 0.2) is 5.28 Å². The molecule has 1 rings (SSSR count). The van der Waals surface area contributed by atoms with E-state index in [0.29, 0.717) is 11.6 Å². The summed E-state index contributed by atoms with van der Waals surface area (Å²) in [5.41, 5.74) is 0. The molecule has 1 saturated heterocycles. The number of hydrogen-bond acceptors (Lipinski definition) is 3. The first-order chi connectivity index (χ1) is 6.75. The van der Waals surface area contributed by atoms with Crippen molar-refractivity contribution in [3.05, 3.63) is 12.1 Å². The van der Waals surface area contributed by atoms with Crippen LogP contribution in [0.4, 0.5) is 0 Å². The number of unbranched alkanes of at least 4 members (excludes halogenated alkanes) is 1. The van der Waals surface area contributed by atoms with Gasteiger partial charge in [-0.05, 0) is 26.2 Å². The second kappa shape index (κ2) is 5.67. The molecule has 1 atom stereocenters. The molecule has 0 aromatic carbocycles. The van der Waals surface area contributed by atoms with Crippen LogP contribution in [-0.2, 0) is 4.84 Å². The molecule has 14 heavy (non-hydrogen) atoms. The van der Waals surface area contributed by atoms with Crippen molar-refractivity contribution in [2.75, 3.05) is 13.2 Å². The third-order valence-electron chi connectivity index (χ3n) is 2.28. The topological polar surface area (TPSA) is 50.9 Å². The Kier molecular flexibility index (Phi) is 4.49. The fourth-order valence-corrected chi connectivity index (χ4v) is 1.39. The molecule has 0 N–H and O–H groups in total. The summed E-state index contributed by atoms with van der Waals surface area (Å²) in [6, 6.07) is 0.0334. The van der Waals surface area contributed by atoms with Crippen LogP contribution in [0.3, 0.4) is 0 Å². The quantitative estimate of drug-likeness (QED) is 0.295. The van der Waals surface area contributed by atoms with Gasteiger partial charge >= 0.3 is 0 Å². The van der Waals surface area contributed by atoms with Gasteiger partial charge in [0.05, 0.1) is 17.6 Å². The van der Waals surface area contributed by atoms with Gasteiger partial charge in [-0.25, -0.2) is 0 Å². The van der Waals surface area contributed by atoms with Gasteiger partial charge in [0, 0.05) is 0 Å². The summed E-state index contributed by atoms with van der Waals surface area (Å²) < 4.78 is 0. The Morgan fingerprint density at radius 1 is 1.71 bits per heavy atom. The summed E-state index contributed by atoms with van der Waals surface area (Å²) in [6.45, 7) is 7.14. The second-order valence-corrected chi connectivity index (χ2v) is 3.48. The van der Waals surface area contributed by atoms with E-state index in [1.54, 1.807) is 5.01 Å². The molecule has 5 nitrogen and oxygen atoms in total. The highest BCUT2D eigenvalue weighted by Crippen LogP contribution is 2.15. The van der Waals surface area contributed by atoms with Crippen LogP contribution in [0.2, 0.25) is 0 Å². The maximum Gasteiger partial charge on any atom is 0.233 e. The van der Waals surface area contributed by atoms with Crippen LogP contribution in [0.1, 0.15) is 32.6 Å². The molecule has 1 heterocycles. The molecule has 0 amide bonds. The van der Waals surface area contributed by atoms with Crippen molar-refractivity contribution in [2.24, 2.45) is 5.28 Å². The Balaban J connectivity index is 2.28. The van der Waals surface area contributed by atoms with Crippen LogP contribution in [0, 0.1) is 12.1 Å². The van der Waals surface area contributed by atoms with E-state index < -0.39 is 0 Å². The summed E-state index contributed by atoms with van der Waals surface area (Å²) in [7, 11) is 0. The molecular weight excluding hydrogens is 182 g/mol. The third-order valence-corrected chi connectivity index (χ3v) is 2.28. The van der Waals surface area contributed by atoms with Crippen LogP contribution < -0.4 is 0 Å². The molecule has 0 unspecified atom stereocenters. The zero-order valence-electron chi connectivity index (χ0n) is 8.69. The highest BCUT2D eigenvalue weighted by molar-refractivity contribution is 4.74. The van der Waals surface area contributed by atoms with Crippen molar-refractivity contribution in [1.82, 2.24) is 5.01 Å². The van der Waals surface area contributed by atoms with Gasteiger partial charge in [0.15, 0.2) is 0 Å².